The smallest absolute Gasteiger partial charge is 0.416 e. The summed E-state index contributed by atoms with van der Waals surface area (Å²) in [6.07, 6.45) is 1.90. The number of cyclic esters (lactones) is 1. The quantitative estimate of drug-likeness (QED) is 0.894. The Morgan fingerprint density at radius 2 is 2.05 bits per heavy atom. The molecule has 1 N–H and O–H groups in total. The molecule has 3 rings (SSSR count). The lowest BCUT2D eigenvalue weighted by Gasteiger charge is -2.23. The van der Waals surface area contributed by atoms with Crippen molar-refractivity contribution in [1.82, 2.24) is 4.90 Å². The summed E-state index contributed by atoms with van der Waals surface area (Å²) >= 11 is 0. The zero-order valence-electron chi connectivity index (χ0n) is 11.8. The number of amides is 2. The fourth-order valence-electron chi connectivity index (χ4n) is 2.87. The predicted molar refractivity (Wildman–Crippen MR) is 75.4 cm³/mol. The Labute approximate surface area is 123 Å². The van der Waals surface area contributed by atoms with Gasteiger partial charge in [-0.1, -0.05) is 30.3 Å². The van der Waals surface area contributed by atoms with Gasteiger partial charge in [0.25, 0.3) is 0 Å². The second kappa shape index (κ2) is 5.85. The number of benzene rings is 1. The van der Waals surface area contributed by atoms with Crippen LogP contribution in [0.2, 0.25) is 0 Å². The van der Waals surface area contributed by atoms with E-state index in [9.17, 15) is 14.7 Å². The van der Waals surface area contributed by atoms with Gasteiger partial charge in [0.1, 0.15) is 6.61 Å². The van der Waals surface area contributed by atoms with Gasteiger partial charge in [0, 0.05) is 0 Å². The van der Waals surface area contributed by atoms with Crippen LogP contribution in [0.15, 0.2) is 30.3 Å². The predicted octanol–water partition coefficient (Wildman–Crippen LogP) is 1.59. The van der Waals surface area contributed by atoms with E-state index in [-0.39, 0.29) is 31.1 Å². The Hall–Kier alpha value is -1.88. The summed E-state index contributed by atoms with van der Waals surface area (Å²) in [4.78, 5) is 25.6. The maximum atomic E-state index is 12.5. The molecule has 0 spiro atoms. The van der Waals surface area contributed by atoms with E-state index in [2.05, 4.69) is 0 Å². The molecule has 1 aromatic carbocycles. The van der Waals surface area contributed by atoms with Crippen LogP contribution in [0.3, 0.4) is 0 Å². The molecule has 1 aliphatic heterocycles. The molecule has 1 saturated carbocycles. The molecule has 21 heavy (non-hydrogen) atoms. The van der Waals surface area contributed by atoms with Gasteiger partial charge in [0.2, 0.25) is 5.91 Å². The number of ether oxygens (including phenoxy) is 1. The highest BCUT2D eigenvalue weighted by Crippen LogP contribution is 2.38. The van der Waals surface area contributed by atoms with E-state index >= 15 is 0 Å². The molecule has 2 amide bonds. The largest absolute Gasteiger partial charge is 0.447 e. The highest BCUT2D eigenvalue weighted by molar-refractivity contribution is 5.95. The average molecular weight is 289 g/mol. The van der Waals surface area contributed by atoms with Crippen LogP contribution in [0.4, 0.5) is 4.79 Å². The van der Waals surface area contributed by atoms with Crippen LogP contribution in [0.5, 0.6) is 0 Å². The van der Waals surface area contributed by atoms with Crippen LogP contribution < -0.4 is 0 Å². The lowest BCUT2D eigenvalue weighted by molar-refractivity contribution is -0.135. The number of aliphatic hydroxyl groups excluding tert-OH is 1. The van der Waals surface area contributed by atoms with Crippen LogP contribution in [0.1, 0.15) is 18.4 Å². The summed E-state index contributed by atoms with van der Waals surface area (Å²) in [5, 5.41) is 9.43. The number of carbonyl (C=O) groups is 2. The van der Waals surface area contributed by atoms with Crippen LogP contribution in [0.25, 0.3) is 0 Å². The number of carbonyl (C=O) groups excluding carboxylic acids is 2. The van der Waals surface area contributed by atoms with E-state index in [1.165, 1.54) is 4.90 Å². The Morgan fingerprint density at radius 1 is 1.33 bits per heavy atom. The van der Waals surface area contributed by atoms with Crippen molar-refractivity contribution in [3.05, 3.63) is 35.9 Å². The molecule has 2 aliphatic rings. The maximum Gasteiger partial charge on any atom is 0.416 e. The molecular formula is C16H19NO4. The van der Waals surface area contributed by atoms with Gasteiger partial charge in [0.05, 0.1) is 18.6 Å². The number of nitrogens with zero attached hydrogens (tertiary/aromatic N) is 1. The third-order valence-electron chi connectivity index (χ3n) is 4.22. The van der Waals surface area contributed by atoms with Gasteiger partial charge < -0.3 is 9.84 Å². The summed E-state index contributed by atoms with van der Waals surface area (Å²) in [6.45, 7) is 0.0214. The number of imide groups is 1. The lowest BCUT2D eigenvalue weighted by atomic mass is 10.0. The maximum absolute atomic E-state index is 12.5. The van der Waals surface area contributed by atoms with Crippen molar-refractivity contribution in [2.75, 3.05) is 13.2 Å². The molecule has 2 unspecified atom stereocenters. The zero-order chi connectivity index (χ0) is 14.8. The zero-order valence-corrected chi connectivity index (χ0v) is 11.8. The summed E-state index contributed by atoms with van der Waals surface area (Å²) < 4.78 is 5.05. The summed E-state index contributed by atoms with van der Waals surface area (Å²) in [6, 6.07) is 9.45. The second-order valence-electron chi connectivity index (χ2n) is 5.76. The second-order valence-corrected chi connectivity index (χ2v) is 5.76. The van der Waals surface area contributed by atoms with Gasteiger partial charge in [-0.05, 0) is 30.7 Å². The van der Waals surface area contributed by atoms with Gasteiger partial charge in [0.15, 0.2) is 0 Å². The van der Waals surface area contributed by atoms with Crippen LogP contribution >= 0.6 is 0 Å². The molecule has 5 nitrogen and oxygen atoms in total. The van der Waals surface area contributed by atoms with Crippen molar-refractivity contribution >= 4 is 12.0 Å². The highest BCUT2D eigenvalue weighted by Gasteiger charge is 2.45. The van der Waals surface area contributed by atoms with Crippen molar-refractivity contribution in [1.29, 1.82) is 0 Å². The number of aliphatic hydroxyl groups is 1. The minimum absolute atomic E-state index is 0.203. The highest BCUT2D eigenvalue weighted by atomic mass is 16.6. The Balaban J connectivity index is 1.74. The number of rotatable bonds is 5. The summed E-state index contributed by atoms with van der Waals surface area (Å²) in [5.74, 6) is -0.536. The number of hydrogen-bond donors (Lipinski definition) is 1. The first-order valence-electron chi connectivity index (χ1n) is 7.35. The van der Waals surface area contributed by atoms with Gasteiger partial charge in [-0.2, -0.15) is 0 Å². The van der Waals surface area contributed by atoms with Crippen LogP contribution in [-0.2, 0) is 16.0 Å². The molecule has 1 aromatic rings. The fraction of sp³-hybridized carbons (Fsp3) is 0.500. The van der Waals surface area contributed by atoms with Crippen molar-refractivity contribution < 1.29 is 19.4 Å². The molecule has 0 radical (unpaired) electrons. The first-order valence-corrected chi connectivity index (χ1v) is 7.35. The average Bonchev–Trinajstić information content (AvgIpc) is 3.25. The molecule has 1 heterocycles. The van der Waals surface area contributed by atoms with Gasteiger partial charge >= 0.3 is 6.09 Å². The van der Waals surface area contributed by atoms with Gasteiger partial charge in [-0.15, -0.1) is 0 Å². The van der Waals surface area contributed by atoms with E-state index in [1.807, 2.05) is 30.3 Å². The minimum atomic E-state index is -0.583. The minimum Gasteiger partial charge on any atom is -0.447 e. The fourth-order valence-corrected chi connectivity index (χ4v) is 2.87. The van der Waals surface area contributed by atoms with E-state index in [0.29, 0.717) is 6.42 Å². The van der Waals surface area contributed by atoms with Gasteiger partial charge in [-0.25, -0.2) is 9.69 Å². The van der Waals surface area contributed by atoms with E-state index in [1.54, 1.807) is 0 Å². The Kier molecular flexibility index (Phi) is 3.92. The van der Waals surface area contributed by atoms with Gasteiger partial charge in [-0.3, -0.25) is 4.79 Å². The molecule has 1 saturated heterocycles. The third-order valence-corrected chi connectivity index (χ3v) is 4.22. The summed E-state index contributed by atoms with van der Waals surface area (Å²) in [5.41, 5.74) is 1.06. The topological polar surface area (TPSA) is 66.8 Å². The van der Waals surface area contributed by atoms with Crippen molar-refractivity contribution in [2.45, 2.75) is 25.3 Å². The molecular weight excluding hydrogens is 270 g/mol. The van der Waals surface area contributed by atoms with Crippen LogP contribution in [0, 0.1) is 11.8 Å². The standard InChI is InChI=1S/C16H19NO4/c18-9-14(12-6-7-12)15(19)17-13(10-21-16(17)20)8-11-4-2-1-3-5-11/h1-5,12-14,18H,6-10H2. The molecule has 2 fully saturated rings. The molecule has 112 valence electrons. The normalized spacial score (nSPS) is 23.0. The van der Waals surface area contributed by atoms with E-state index in [4.69, 9.17) is 4.74 Å². The molecule has 0 bridgehead atoms. The first-order chi connectivity index (χ1) is 10.2. The Morgan fingerprint density at radius 3 is 2.67 bits per heavy atom. The van der Waals surface area contributed by atoms with E-state index < -0.39 is 12.0 Å². The van der Waals surface area contributed by atoms with Crippen molar-refractivity contribution in [2.24, 2.45) is 11.8 Å². The Bertz CT molecular complexity index is 526. The molecule has 1 aliphatic carbocycles. The summed E-state index contributed by atoms with van der Waals surface area (Å²) in [7, 11) is 0. The monoisotopic (exact) mass is 289 g/mol. The van der Waals surface area contributed by atoms with Crippen molar-refractivity contribution in [3.63, 3.8) is 0 Å². The molecule has 5 heteroatoms. The van der Waals surface area contributed by atoms with Crippen LogP contribution in [-0.4, -0.2) is 41.3 Å². The van der Waals surface area contributed by atoms with Crippen molar-refractivity contribution in [3.8, 4) is 0 Å². The third kappa shape index (κ3) is 2.93. The lowest BCUT2D eigenvalue weighted by Crippen LogP contribution is -2.45. The SMILES string of the molecule is O=C1OCC(Cc2ccccc2)N1C(=O)C(CO)C1CC1. The first kappa shape index (κ1) is 14.1. The molecule has 0 aromatic heterocycles. The number of hydrogen-bond acceptors (Lipinski definition) is 4. The van der Waals surface area contributed by atoms with E-state index in [0.717, 1.165) is 18.4 Å². The molecule has 2 atom stereocenters.